The molecule has 0 aliphatic rings. The van der Waals surface area contributed by atoms with Crippen LogP contribution in [0, 0.1) is 0 Å². The minimum absolute atomic E-state index is 0.117. The van der Waals surface area contributed by atoms with Crippen LogP contribution >= 0.6 is 0 Å². The van der Waals surface area contributed by atoms with E-state index in [0.29, 0.717) is 18.1 Å². The van der Waals surface area contributed by atoms with Crippen molar-refractivity contribution in [2.75, 3.05) is 19.8 Å². The molecule has 0 heterocycles. The first kappa shape index (κ1) is 12.3. The number of aliphatic hydroxyl groups is 1. The van der Waals surface area contributed by atoms with Gasteiger partial charge in [0.15, 0.2) is 0 Å². The molecule has 0 aromatic heterocycles. The summed E-state index contributed by atoms with van der Waals surface area (Å²) in [6.45, 7) is 2.49. The Bertz CT molecular complexity index is 341. The highest BCUT2D eigenvalue weighted by Gasteiger charge is 2.03. The average molecular weight is 225 g/mol. The van der Waals surface area contributed by atoms with Crippen LogP contribution < -0.4 is 14.8 Å². The minimum Gasteiger partial charge on any atom is -0.494 e. The molecule has 0 atom stereocenters. The maximum atomic E-state index is 11.2. The predicted octanol–water partition coefficient (Wildman–Crippen LogP) is 1.17. The number of rotatable bonds is 5. The zero-order valence-electron chi connectivity index (χ0n) is 9.10. The average Bonchev–Trinajstić information content (AvgIpc) is 2.27. The van der Waals surface area contributed by atoms with E-state index in [4.69, 9.17) is 14.6 Å². The number of hydrogen-bond donors (Lipinski definition) is 2. The van der Waals surface area contributed by atoms with Crippen LogP contribution in [0.4, 0.5) is 4.79 Å². The lowest BCUT2D eigenvalue weighted by atomic mass is 10.3. The molecule has 0 spiro atoms. The number of amides is 1. The van der Waals surface area contributed by atoms with Gasteiger partial charge in [-0.25, -0.2) is 4.79 Å². The fourth-order valence-corrected chi connectivity index (χ4v) is 1.10. The van der Waals surface area contributed by atoms with Crippen LogP contribution in [0.15, 0.2) is 24.3 Å². The molecule has 0 bridgehead atoms. The molecule has 0 saturated carbocycles. The van der Waals surface area contributed by atoms with Crippen LogP contribution in [0.3, 0.4) is 0 Å². The molecule has 16 heavy (non-hydrogen) atoms. The van der Waals surface area contributed by atoms with Gasteiger partial charge in [-0.3, -0.25) is 0 Å². The van der Waals surface area contributed by atoms with Crippen LogP contribution in [-0.2, 0) is 0 Å². The van der Waals surface area contributed by atoms with Crippen LogP contribution in [0.5, 0.6) is 11.5 Å². The van der Waals surface area contributed by atoms with Crippen molar-refractivity contribution in [1.82, 2.24) is 5.32 Å². The Morgan fingerprint density at radius 1 is 1.44 bits per heavy atom. The summed E-state index contributed by atoms with van der Waals surface area (Å²) < 4.78 is 10.2. The zero-order chi connectivity index (χ0) is 11.8. The van der Waals surface area contributed by atoms with Gasteiger partial charge >= 0.3 is 6.09 Å². The molecule has 88 valence electrons. The third kappa shape index (κ3) is 4.18. The van der Waals surface area contributed by atoms with Gasteiger partial charge in [0.05, 0.1) is 13.2 Å². The summed E-state index contributed by atoms with van der Waals surface area (Å²) in [6, 6.07) is 6.80. The van der Waals surface area contributed by atoms with Gasteiger partial charge < -0.3 is 19.9 Å². The van der Waals surface area contributed by atoms with E-state index in [9.17, 15) is 4.79 Å². The quantitative estimate of drug-likeness (QED) is 0.789. The monoisotopic (exact) mass is 225 g/mol. The number of nitrogens with one attached hydrogen (secondary N) is 1. The second-order valence-electron chi connectivity index (χ2n) is 2.95. The van der Waals surface area contributed by atoms with E-state index >= 15 is 0 Å². The molecule has 2 N–H and O–H groups in total. The van der Waals surface area contributed by atoms with Crippen molar-refractivity contribution in [2.24, 2.45) is 0 Å². The molecular weight excluding hydrogens is 210 g/mol. The molecule has 0 aliphatic carbocycles. The van der Waals surface area contributed by atoms with E-state index in [1.807, 2.05) is 6.92 Å². The van der Waals surface area contributed by atoms with E-state index in [2.05, 4.69) is 5.32 Å². The Balaban J connectivity index is 2.52. The molecule has 0 aliphatic heterocycles. The molecule has 0 saturated heterocycles. The molecule has 0 radical (unpaired) electrons. The summed E-state index contributed by atoms with van der Waals surface area (Å²) in [6.07, 6.45) is -0.595. The summed E-state index contributed by atoms with van der Waals surface area (Å²) in [5, 5.41) is 10.9. The van der Waals surface area contributed by atoms with E-state index in [1.165, 1.54) is 0 Å². The molecule has 1 aromatic rings. The van der Waals surface area contributed by atoms with Crippen LogP contribution in [-0.4, -0.2) is 31.0 Å². The lowest BCUT2D eigenvalue weighted by molar-refractivity contribution is 0.195. The highest BCUT2D eigenvalue weighted by atomic mass is 16.6. The molecule has 1 amide bonds. The number of benzene rings is 1. The van der Waals surface area contributed by atoms with Crippen molar-refractivity contribution in [3.63, 3.8) is 0 Å². The lowest BCUT2D eigenvalue weighted by Gasteiger charge is -2.07. The topological polar surface area (TPSA) is 67.8 Å². The van der Waals surface area contributed by atoms with E-state index in [0.717, 1.165) is 0 Å². The smallest absolute Gasteiger partial charge is 0.412 e. The number of ether oxygens (including phenoxy) is 2. The van der Waals surface area contributed by atoms with Crippen molar-refractivity contribution >= 4 is 6.09 Å². The van der Waals surface area contributed by atoms with Crippen molar-refractivity contribution < 1.29 is 19.4 Å². The van der Waals surface area contributed by atoms with Gasteiger partial charge in [-0.15, -0.1) is 0 Å². The van der Waals surface area contributed by atoms with Crippen LogP contribution in [0.1, 0.15) is 6.92 Å². The number of carbonyl (C=O) groups is 1. The minimum atomic E-state index is -0.595. The van der Waals surface area contributed by atoms with Gasteiger partial charge in [-0.1, -0.05) is 6.07 Å². The van der Waals surface area contributed by atoms with Gasteiger partial charge in [-0.05, 0) is 19.1 Å². The van der Waals surface area contributed by atoms with Gasteiger partial charge in [0.2, 0.25) is 0 Å². The largest absolute Gasteiger partial charge is 0.494 e. The van der Waals surface area contributed by atoms with E-state index in [1.54, 1.807) is 24.3 Å². The Morgan fingerprint density at radius 2 is 2.19 bits per heavy atom. The van der Waals surface area contributed by atoms with Gasteiger partial charge in [0.25, 0.3) is 0 Å². The third-order valence-electron chi connectivity index (χ3n) is 1.71. The summed E-state index contributed by atoms with van der Waals surface area (Å²) >= 11 is 0. The normalized spacial score (nSPS) is 9.62. The molecule has 5 heteroatoms. The Kier molecular flexibility index (Phi) is 5.15. The fraction of sp³-hybridized carbons (Fsp3) is 0.364. The number of aliphatic hydroxyl groups excluding tert-OH is 1. The van der Waals surface area contributed by atoms with Crippen molar-refractivity contribution in [3.05, 3.63) is 24.3 Å². The zero-order valence-corrected chi connectivity index (χ0v) is 9.10. The first-order valence-electron chi connectivity index (χ1n) is 5.05. The first-order chi connectivity index (χ1) is 7.76. The maximum absolute atomic E-state index is 11.2. The van der Waals surface area contributed by atoms with Gasteiger partial charge in [-0.2, -0.15) is 0 Å². The summed E-state index contributed by atoms with van der Waals surface area (Å²) in [7, 11) is 0. The predicted molar refractivity (Wildman–Crippen MR) is 58.7 cm³/mol. The second-order valence-corrected chi connectivity index (χ2v) is 2.95. The SMILES string of the molecule is CCOc1cccc(OC(=O)NCCO)c1. The molecule has 0 fully saturated rings. The Morgan fingerprint density at radius 3 is 2.88 bits per heavy atom. The second kappa shape index (κ2) is 6.68. The standard InChI is InChI=1S/C11H15NO4/c1-2-15-9-4-3-5-10(8-9)16-11(14)12-6-7-13/h3-5,8,13H,2,6-7H2,1H3,(H,12,14). The number of carbonyl (C=O) groups excluding carboxylic acids is 1. The molecule has 1 aromatic carbocycles. The van der Waals surface area contributed by atoms with Crippen LogP contribution in [0.2, 0.25) is 0 Å². The summed E-state index contributed by atoms with van der Waals surface area (Å²) in [5.74, 6) is 1.05. The molecule has 5 nitrogen and oxygen atoms in total. The summed E-state index contributed by atoms with van der Waals surface area (Å²) in [4.78, 5) is 11.2. The first-order valence-corrected chi connectivity index (χ1v) is 5.05. The van der Waals surface area contributed by atoms with Gasteiger partial charge in [0.1, 0.15) is 11.5 Å². The Hall–Kier alpha value is -1.75. The lowest BCUT2D eigenvalue weighted by Crippen LogP contribution is -2.29. The van der Waals surface area contributed by atoms with Crippen molar-refractivity contribution in [1.29, 1.82) is 0 Å². The summed E-state index contributed by atoms with van der Waals surface area (Å²) in [5.41, 5.74) is 0. The molecule has 0 unspecified atom stereocenters. The molecular formula is C11H15NO4. The Labute approximate surface area is 94.0 Å². The third-order valence-corrected chi connectivity index (χ3v) is 1.71. The van der Waals surface area contributed by atoms with Crippen molar-refractivity contribution in [2.45, 2.75) is 6.92 Å². The number of hydrogen-bond acceptors (Lipinski definition) is 4. The fourth-order valence-electron chi connectivity index (χ4n) is 1.10. The molecule has 1 rings (SSSR count). The van der Waals surface area contributed by atoms with E-state index in [-0.39, 0.29) is 13.2 Å². The van der Waals surface area contributed by atoms with Crippen molar-refractivity contribution in [3.8, 4) is 11.5 Å². The highest BCUT2D eigenvalue weighted by molar-refractivity contribution is 5.70. The maximum Gasteiger partial charge on any atom is 0.412 e. The van der Waals surface area contributed by atoms with Gasteiger partial charge in [0, 0.05) is 12.6 Å². The highest BCUT2D eigenvalue weighted by Crippen LogP contribution is 2.19. The van der Waals surface area contributed by atoms with E-state index < -0.39 is 6.09 Å². The van der Waals surface area contributed by atoms with Crippen LogP contribution in [0.25, 0.3) is 0 Å².